The van der Waals surface area contributed by atoms with E-state index in [1.807, 2.05) is 0 Å². The number of ether oxygens (including phenoxy) is 1. The molecule has 2 heterocycles. The Morgan fingerprint density at radius 3 is 2.76 bits per heavy atom. The molecule has 0 aromatic carbocycles. The molecule has 1 spiro atoms. The first-order valence-electron chi connectivity index (χ1n) is 7.37. The van der Waals surface area contributed by atoms with E-state index in [-0.39, 0.29) is 0 Å². The molecule has 17 heavy (non-hydrogen) atoms. The van der Waals surface area contributed by atoms with Gasteiger partial charge in [-0.1, -0.05) is 6.42 Å². The second-order valence-corrected chi connectivity index (χ2v) is 6.33. The van der Waals surface area contributed by atoms with Gasteiger partial charge in [-0.2, -0.15) is 0 Å². The number of piperidine rings is 1. The Morgan fingerprint density at radius 1 is 1.24 bits per heavy atom. The van der Waals surface area contributed by atoms with Crippen LogP contribution in [0, 0.1) is 11.3 Å². The standard InChI is InChI=1S/C14H26N2O/c1-4-14(5-1)11-16(8-9-17-12-14)10-13-2-6-15-7-3-13/h13,15H,1-12H2. The number of nitrogens with zero attached hydrogens (tertiary/aromatic N) is 1. The van der Waals surface area contributed by atoms with Crippen molar-refractivity contribution in [2.75, 3.05) is 45.9 Å². The van der Waals surface area contributed by atoms with Gasteiger partial charge in [-0.25, -0.2) is 0 Å². The summed E-state index contributed by atoms with van der Waals surface area (Å²) in [6.45, 7) is 8.19. The van der Waals surface area contributed by atoms with Gasteiger partial charge in [0.2, 0.25) is 0 Å². The zero-order valence-electron chi connectivity index (χ0n) is 10.9. The van der Waals surface area contributed by atoms with E-state index in [0.29, 0.717) is 5.41 Å². The first kappa shape index (κ1) is 11.9. The molecule has 0 unspecified atom stereocenters. The molecule has 2 aliphatic heterocycles. The molecular weight excluding hydrogens is 212 g/mol. The van der Waals surface area contributed by atoms with E-state index in [2.05, 4.69) is 10.2 Å². The molecule has 98 valence electrons. The Hall–Kier alpha value is -0.120. The summed E-state index contributed by atoms with van der Waals surface area (Å²) in [6, 6.07) is 0. The van der Waals surface area contributed by atoms with Gasteiger partial charge in [0.15, 0.2) is 0 Å². The van der Waals surface area contributed by atoms with Crippen molar-refractivity contribution < 1.29 is 4.74 Å². The summed E-state index contributed by atoms with van der Waals surface area (Å²) < 4.78 is 5.82. The average molecular weight is 238 g/mol. The lowest BCUT2D eigenvalue weighted by atomic mass is 9.69. The first-order valence-corrected chi connectivity index (χ1v) is 7.37. The van der Waals surface area contributed by atoms with Crippen LogP contribution in [0.2, 0.25) is 0 Å². The SMILES string of the molecule is C1CC2(C1)COCCN(CC1CCNCC1)C2. The first-order chi connectivity index (χ1) is 8.36. The fourth-order valence-electron chi connectivity index (χ4n) is 3.65. The van der Waals surface area contributed by atoms with Gasteiger partial charge in [0, 0.05) is 25.0 Å². The van der Waals surface area contributed by atoms with Crippen LogP contribution in [0.1, 0.15) is 32.1 Å². The van der Waals surface area contributed by atoms with Crippen molar-refractivity contribution in [1.82, 2.24) is 10.2 Å². The maximum absolute atomic E-state index is 5.82. The minimum absolute atomic E-state index is 0.545. The fourth-order valence-corrected chi connectivity index (χ4v) is 3.65. The van der Waals surface area contributed by atoms with Gasteiger partial charge < -0.3 is 15.0 Å². The van der Waals surface area contributed by atoms with Gasteiger partial charge in [-0.3, -0.25) is 0 Å². The zero-order valence-corrected chi connectivity index (χ0v) is 10.9. The Balaban J connectivity index is 1.53. The summed E-state index contributed by atoms with van der Waals surface area (Å²) in [6.07, 6.45) is 6.95. The molecular formula is C14H26N2O. The van der Waals surface area contributed by atoms with Gasteiger partial charge in [-0.15, -0.1) is 0 Å². The fraction of sp³-hybridized carbons (Fsp3) is 1.00. The second-order valence-electron chi connectivity index (χ2n) is 6.33. The molecule has 0 aromatic rings. The molecule has 0 bridgehead atoms. The highest BCUT2D eigenvalue weighted by molar-refractivity contribution is 4.92. The second kappa shape index (κ2) is 5.25. The number of nitrogens with one attached hydrogen (secondary N) is 1. The van der Waals surface area contributed by atoms with E-state index in [1.54, 1.807) is 0 Å². The predicted molar refractivity (Wildman–Crippen MR) is 69.1 cm³/mol. The van der Waals surface area contributed by atoms with E-state index in [4.69, 9.17) is 4.74 Å². The Kier molecular flexibility index (Phi) is 3.69. The van der Waals surface area contributed by atoms with Crippen LogP contribution >= 0.6 is 0 Å². The summed E-state index contributed by atoms with van der Waals surface area (Å²) in [5.74, 6) is 0.923. The number of hydrogen-bond acceptors (Lipinski definition) is 3. The van der Waals surface area contributed by atoms with E-state index in [0.717, 1.165) is 25.7 Å². The Morgan fingerprint density at radius 2 is 2.06 bits per heavy atom. The van der Waals surface area contributed by atoms with Crippen LogP contribution in [0.4, 0.5) is 0 Å². The van der Waals surface area contributed by atoms with E-state index < -0.39 is 0 Å². The van der Waals surface area contributed by atoms with Gasteiger partial charge in [0.25, 0.3) is 0 Å². The van der Waals surface area contributed by atoms with Gasteiger partial charge in [0.1, 0.15) is 0 Å². The average Bonchev–Trinajstić information content (AvgIpc) is 2.53. The predicted octanol–water partition coefficient (Wildman–Crippen LogP) is 1.49. The third-order valence-corrected chi connectivity index (χ3v) is 4.91. The topological polar surface area (TPSA) is 24.5 Å². The highest BCUT2D eigenvalue weighted by Gasteiger charge is 2.40. The minimum atomic E-state index is 0.545. The van der Waals surface area contributed by atoms with Crippen LogP contribution in [-0.2, 0) is 4.74 Å². The molecule has 0 aromatic heterocycles. The molecule has 2 saturated heterocycles. The summed E-state index contributed by atoms with van der Waals surface area (Å²) in [5, 5.41) is 3.46. The van der Waals surface area contributed by atoms with Crippen LogP contribution in [0.15, 0.2) is 0 Å². The number of hydrogen-bond donors (Lipinski definition) is 1. The molecule has 3 heteroatoms. The van der Waals surface area contributed by atoms with E-state index in [1.165, 1.54) is 58.3 Å². The lowest BCUT2D eigenvalue weighted by molar-refractivity contribution is 0.00869. The van der Waals surface area contributed by atoms with Crippen LogP contribution in [-0.4, -0.2) is 50.8 Å². The summed E-state index contributed by atoms with van der Waals surface area (Å²) >= 11 is 0. The molecule has 3 aliphatic rings. The van der Waals surface area contributed by atoms with Crippen LogP contribution < -0.4 is 5.32 Å². The largest absolute Gasteiger partial charge is 0.379 e. The monoisotopic (exact) mass is 238 g/mol. The maximum atomic E-state index is 5.82. The maximum Gasteiger partial charge on any atom is 0.0593 e. The smallest absolute Gasteiger partial charge is 0.0593 e. The summed E-state index contributed by atoms with van der Waals surface area (Å²) in [4.78, 5) is 2.70. The van der Waals surface area contributed by atoms with Gasteiger partial charge >= 0.3 is 0 Å². The van der Waals surface area contributed by atoms with Crippen molar-refractivity contribution in [1.29, 1.82) is 0 Å². The quantitative estimate of drug-likeness (QED) is 0.789. The molecule has 1 N–H and O–H groups in total. The molecule has 3 nitrogen and oxygen atoms in total. The highest BCUT2D eigenvalue weighted by Crippen LogP contribution is 2.42. The molecule has 0 radical (unpaired) electrons. The van der Waals surface area contributed by atoms with Crippen molar-refractivity contribution in [3.8, 4) is 0 Å². The lowest BCUT2D eigenvalue weighted by Crippen LogP contribution is -2.45. The Bertz CT molecular complexity index is 247. The van der Waals surface area contributed by atoms with Gasteiger partial charge in [-0.05, 0) is 44.7 Å². The summed E-state index contributed by atoms with van der Waals surface area (Å²) in [7, 11) is 0. The normalized spacial score (nSPS) is 31.1. The van der Waals surface area contributed by atoms with Crippen molar-refractivity contribution in [3.05, 3.63) is 0 Å². The third-order valence-electron chi connectivity index (χ3n) is 4.91. The number of rotatable bonds is 2. The molecule has 3 rings (SSSR count). The van der Waals surface area contributed by atoms with Crippen molar-refractivity contribution in [2.45, 2.75) is 32.1 Å². The molecule has 0 atom stereocenters. The van der Waals surface area contributed by atoms with Crippen molar-refractivity contribution in [2.24, 2.45) is 11.3 Å². The van der Waals surface area contributed by atoms with Crippen LogP contribution in [0.5, 0.6) is 0 Å². The van der Waals surface area contributed by atoms with Crippen molar-refractivity contribution >= 4 is 0 Å². The summed E-state index contributed by atoms with van der Waals surface area (Å²) in [5.41, 5.74) is 0.545. The van der Waals surface area contributed by atoms with Crippen LogP contribution in [0.3, 0.4) is 0 Å². The molecule has 1 saturated carbocycles. The van der Waals surface area contributed by atoms with E-state index in [9.17, 15) is 0 Å². The third kappa shape index (κ3) is 2.83. The van der Waals surface area contributed by atoms with Crippen molar-refractivity contribution in [3.63, 3.8) is 0 Å². The zero-order chi connectivity index (χ0) is 11.6. The minimum Gasteiger partial charge on any atom is -0.379 e. The highest BCUT2D eigenvalue weighted by atomic mass is 16.5. The van der Waals surface area contributed by atoms with Crippen LogP contribution in [0.25, 0.3) is 0 Å². The molecule has 3 fully saturated rings. The lowest BCUT2D eigenvalue weighted by Gasteiger charge is -2.43. The Labute approximate surface area is 105 Å². The molecule has 0 amide bonds. The molecule has 1 aliphatic carbocycles. The van der Waals surface area contributed by atoms with Gasteiger partial charge in [0.05, 0.1) is 13.2 Å². The van der Waals surface area contributed by atoms with E-state index >= 15 is 0 Å².